The topological polar surface area (TPSA) is 89.0 Å². The van der Waals surface area contributed by atoms with Crippen molar-refractivity contribution in [3.05, 3.63) is 66.1 Å². The predicted octanol–water partition coefficient (Wildman–Crippen LogP) is 5.28. The third kappa shape index (κ3) is 4.11. The van der Waals surface area contributed by atoms with E-state index in [1.807, 2.05) is 76.2 Å². The van der Waals surface area contributed by atoms with Crippen LogP contribution in [0, 0.1) is 5.92 Å². The number of nitrogens with zero attached hydrogens (tertiary/aromatic N) is 2. The number of hydrogen-bond acceptors (Lipinski definition) is 4. The third-order valence-electron chi connectivity index (χ3n) is 6.04. The molecule has 0 spiro atoms. The van der Waals surface area contributed by atoms with Gasteiger partial charge in [0.25, 0.3) is 0 Å². The number of ether oxygens (including phenoxy) is 1. The van der Waals surface area contributed by atoms with E-state index in [0.717, 1.165) is 39.7 Å². The molecule has 0 aliphatic heterocycles. The molecule has 33 heavy (non-hydrogen) atoms. The van der Waals surface area contributed by atoms with Gasteiger partial charge in [0.2, 0.25) is 5.91 Å². The predicted molar refractivity (Wildman–Crippen MR) is 127 cm³/mol. The Morgan fingerprint density at radius 1 is 1.15 bits per heavy atom. The second kappa shape index (κ2) is 7.76. The highest BCUT2D eigenvalue weighted by atomic mass is 16.6. The molecule has 0 bridgehead atoms. The van der Waals surface area contributed by atoms with E-state index in [1.165, 1.54) is 4.57 Å². The third-order valence-corrected chi connectivity index (χ3v) is 6.04. The fourth-order valence-electron chi connectivity index (χ4n) is 4.35. The first kappa shape index (κ1) is 21.2. The van der Waals surface area contributed by atoms with Gasteiger partial charge in [-0.1, -0.05) is 30.3 Å². The first-order chi connectivity index (χ1) is 15.7. The zero-order chi connectivity index (χ0) is 23.3. The van der Waals surface area contributed by atoms with Gasteiger partial charge in [-0.05, 0) is 52.3 Å². The van der Waals surface area contributed by atoms with Crippen molar-refractivity contribution in [1.29, 1.82) is 0 Å². The number of H-pyrrole nitrogens is 1. The van der Waals surface area contributed by atoms with Crippen LogP contribution in [0.1, 0.15) is 57.5 Å². The number of carbonyl (C=O) groups excluding carboxylic acids is 2. The number of benzene rings is 2. The van der Waals surface area contributed by atoms with Crippen molar-refractivity contribution in [3.8, 4) is 0 Å². The highest BCUT2D eigenvalue weighted by molar-refractivity contribution is 5.93. The summed E-state index contributed by atoms with van der Waals surface area (Å²) in [6, 6.07) is 15.3. The summed E-state index contributed by atoms with van der Waals surface area (Å²) in [5, 5.41) is 4.06. The lowest BCUT2D eigenvalue weighted by atomic mass is 10.1. The number of para-hydroxylation sites is 3. The maximum Gasteiger partial charge on any atom is 0.419 e. The summed E-state index contributed by atoms with van der Waals surface area (Å²) in [6.07, 6.45) is 2.11. The van der Waals surface area contributed by atoms with E-state index in [-0.39, 0.29) is 23.8 Å². The minimum Gasteiger partial charge on any atom is -0.443 e. The van der Waals surface area contributed by atoms with Crippen LogP contribution in [0.4, 0.5) is 4.79 Å². The Labute approximate surface area is 192 Å². The number of hydrogen-bond donors (Lipinski definition) is 2. The second-order valence-electron chi connectivity index (χ2n) is 9.77. The minimum absolute atomic E-state index is 0.00190. The number of rotatable bonds is 4. The molecule has 7 nitrogen and oxygen atoms in total. The summed E-state index contributed by atoms with van der Waals surface area (Å²) in [6.45, 7) is 7.47. The summed E-state index contributed by atoms with van der Waals surface area (Å²) in [5.74, 6) is 0.868. The van der Waals surface area contributed by atoms with Gasteiger partial charge in [-0.25, -0.2) is 9.78 Å². The summed E-state index contributed by atoms with van der Waals surface area (Å²) >= 11 is 0. The van der Waals surface area contributed by atoms with Crippen molar-refractivity contribution < 1.29 is 14.3 Å². The lowest BCUT2D eigenvalue weighted by molar-refractivity contribution is -0.123. The molecule has 0 saturated heterocycles. The van der Waals surface area contributed by atoms with E-state index >= 15 is 0 Å². The Hall–Kier alpha value is -3.61. The molecule has 2 N–H and O–H groups in total. The Morgan fingerprint density at radius 3 is 2.64 bits per heavy atom. The first-order valence-corrected chi connectivity index (χ1v) is 11.3. The van der Waals surface area contributed by atoms with E-state index in [4.69, 9.17) is 4.74 Å². The smallest absolute Gasteiger partial charge is 0.419 e. The average molecular weight is 445 g/mol. The molecule has 1 saturated carbocycles. The Bertz CT molecular complexity index is 1330. The molecule has 1 unspecified atom stereocenters. The highest BCUT2D eigenvalue weighted by Gasteiger charge is 2.46. The van der Waals surface area contributed by atoms with Gasteiger partial charge in [-0.2, -0.15) is 0 Å². The standard InChI is InChI=1S/C26H28N4O3/c1-15(19-14-30(25(32)33-26(2,3)4)22-12-8-5-9-16(19)22)27-24(31)18-13-17(18)23-28-20-10-6-7-11-21(20)29-23/h5-12,14-15,17-18H,13H2,1-4H3,(H,27,31)(H,28,29)/t15-,17-,18?/m0/s1. The monoisotopic (exact) mass is 444 g/mol. The van der Waals surface area contributed by atoms with E-state index in [1.54, 1.807) is 6.20 Å². The fraction of sp³-hybridized carbons (Fsp3) is 0.346. The Morgan fingerprint density at radius 2 is 1.88 bits per heavy atom. The van der Waals surface area contributed by atoms with Crippen LogP contribution in [-0.2, 0) is 9.53 Å². The molecule has 3 atom stereocenters. The molecule has 5 rings (SSSR count). The Balaban J connectivity index is 1.33. The number of imidazole rings is 1. The van der Waals surface area contributed by atoms with Gasteiger partial charge in [-0.3, -0.25) is 9.36 Å². The van der Waals surface area contributed by atoms with Crippen LogP contribution in [0.2, 0.25) is 0 Å². The molecule has 2 aromatic heterocycles. The number of carbonyl (C=O) groups is 2. The van der Waals surface area contributed by atoms with Crippen LogP contribution < -0.4 is 5.32 Å². The number of aromatic amines is 1. The molecule has 7 heteroatoms. The molecule has 1 amide bonds. The summed E-state index contributed by atoms with van der Waals surface area (Å²) in [7, 11) is 0. The maximum atomic E-state index is 13.0. The fourth-order valence-corrected chi connectivity index (χ4v) is 4.35. The van der Waals surface area contributed by atoms with E-state index < -0.39 is 11.7 Å². The molecular weight excluding hydrogens is 416 g/mol. The molecule has 2 heterocycles. The van der Waals surface area contributed by atoms with Crippen LogP contribution in [-0.4, -0.2) is 32.1 Å². The van der Waals surface area contributed by atoms with Gasteiger partial charge in [0.1, 0.15) is 11.4 Å². The molecule has 1 aliphatic rings. The normalized spacial score (nSPS) is 18.9. The van der Waals surface area contributed by atoms with Crippen LogP contribution in [0.3, 0.4) is 0 Å². The zero-order valence-electron chi connectivity index (χ0n) is 19.3. The van der Waals surface area contributed by atoms with Gasteiger partial charge in [0, 0.05) is 29.0 Å². The van der Waals surface area contributed by atoms with Gasteiger partial charge in [0.15, 0.2) is 0 Å². The molecule has 170 valence electrons. The molecule has 1 fully saturated rings. The van der Waals surface area contributed by atoms with Crippen molar-refractivity contribution >= 4 is 33.9 Å². The van der Waals surface area contributed by atoms with E-state index in [9.17, 15) is 9.59 Å². The highest BCUT2D eigenvalue weighted by Crippen LogP contribution is 2.47. The van der Waals surface area contributed by atoms with Crippen LogP contribution in [0.15, 0.2) is 54.7 Å². The van der Waals surface area contributed by atoms with Crippen molar-refractivity contribution in [3.63, 3.8) is 0 Å². The lowest BCUT2D eigenvalue weighted by Crippen LogP contribution is -2.28. The van der Waals surface area contributed by atoms with Crippen LogP contribution in [0.25, 0.3) is 21.9 Å². The van der Waals surface area contributed by atoms with Gasteiger partial charge in [0.05, 0.1) is 22.6 Å². The van der Waals surface area contributed by atoms with Gasteiger partial charge >= 0.3 is 6.09 Å². The van der Waals surface area contributed by atoms with Crippen molar-refractivity contribution in [2.45, 2.75) is 51.7 Å². The number of nitrogens with one attached hydrogen (secondary N) is 2. The maximum absolute atomic E-state index is 13.0. The summed E-state index contributed by atoms with van der Waals surface area (Å²) in [4.78, 5) is 33.8. The molecule has 1 aliphatic carbocycles. The molecular formula is C26H28N4O3. The lowest BCUT2D eigenvalue weighted by Gasteiger charge is -2.19. The van der Waals surface area contributed by atoms with Crippen LogP contribution >= 0.6 is 0 Å². The number of fused-ring (bicyclic) bond motifs is 2. The van der Waals surface area contributed by atoms with Crippen molar-refractivity contribution in [2.75, 3.05) is 0 Å². The van der Waals surface area contributed by atoms with E-state index in [0.29, 0.717) is 0 Å². The number of amides is 1. The molecule has 0 radical (unpaired) electrons. The first-order valence-electron chi connectivity index (χ1n) is 11.3. The van der Waals surface area contributed by atoms with E-state index in [2.05, 4.69) is 15.3 Å². The summed E-state index contributed by atoms with van der Waals surface area (Å²) < 4.78 is 7.09. The van der Waals surface area contributed by atoms with Gasteiger partial charge < -0.3 is 15.0 Å². The second-order valence-corrected chi connectivity index (χ2v) is 9.77. The SMILES string of the molecule is C[C@H](NC(=O)C1C[C@@H]1c1nc2ccccc2[nH]1)c1cn(C(=O)OC(C)(C)C)c2ccccc12. The number of aromatic nitrogens is 3. The zero-order valence-corrected chi connectivity index (χ0v) is 19.3. The van der Waals surface area contributed by atoms with Gasteiger partial charge in [-0.15, -0.1) is 0 Å². The Kier molecular flexibility index (Phi) is 5.00. The minimum atomic E-state index is -0.597. The quantitative estimate of drug-likeness (QED) is 0.448. The van der Waals surface area contributed by atoms with Crippen molar-refractivity contribution in [1.82, 2.24) is 19.9 Å². The average Bonchev–Trinajstić information content (AvgIpc) is 3.29. The summed E-state index contributed by atoms with van der Waals surface area (Å²) in [5.41, 5.74) is 2.95. The largest absolute Gasteiger partial charge is 0.443 e. The molecule has 2 aromatic carbocycles. The molecule has 4 aromatic rings. The van der Waals surface area contributed by atoms with Crippen molar-refractivity contribution in [2.24, 2.45) is 5.92 Å². The van der Waals surface area contributed by atoms with Crippen LogP contribution in [0.5, 0.6) is 0 Å².